The maximum absolute atomic E-state index is 10.3. The molecular formula is C9H7ClO3. The van der Waals surface area contributed by atoms with Gasteiger partial charge in [0.2, 0.25) is 0 Å². The summed E-state index contributed by atoms with van der Waals surface area (Å²) in [6.45, 7) is 0.126. The molecule has 0 saturated carbocycles. The van der Waals surface area contributed by atoms with Crippen LogP contribution < -0.4 is 0 Å². The van der Waals surface area contributed by atoms with Crippen LogP contribution in [0.25, 0.3) is 0 Å². The molecule has 0 aliphatic carbocycles. The standard InChI is InChI=1S/C9H7ClO3/c10-9(12)13-6-8-3-1-7(5-11)2-4-8/h1-5H,6H2. The maximum atomic E-state index is 10.3. The van der Waals surface area contributed by atoms with Crippen molar-refractivity contribution in [3.05, 3.63) is 35.4 Å². The van der Waals surface area contributed by atoms with Crippen molar-refractivity contribution < 1.29 is 14.3 Å². The van der Waals surface area contributed by atoms with Crippen LogP contribution in [0.5, 0.6) is 0 Å². The third-order valence-electron chi connectivity index (χ3n) is 1.47. The average Bonchev–Trinajstić information content (AvgIpc) is 2.15. The van der Waals surface area contributed by atoms with Gasteiger partial charge < -0.3 is 4.74 Å². The molecule has 1 aromatic carbocycles. The van der Waals surface area contributed by atoms with Crippen LogP contribution in [0.2, 0.25) is 0 Å². The summed E-state index contributed by atoms with van der Waals surface area (Å²) in [6, 6.07) is 6.68. The highest BCUT2D eigenvalue weighted by atomic mass is 35.5. The van der Waals surface area contributed by atoms with Gasteiger partial charge in [-0.2, -0.15) is 0 Å². The molecular weight excluding hydrogens is 192 g/mol. The highest BCUT2D eigenvalue weighted by Crippen LogP contribution is 2.04. The molecule has 0 aliphatic rings. The van der Waals surface area contributed by atoms with Gasteiger partial charge in [0.05, 0.1) is 0 Å². The normalized spacial score (nSPS) is 9.31. The van der Waals surface area contributed by atoms with Crippen molar-refractivity contribution >= 4 is 23.3 Å². The van der Waals surface area contributed by atoms with Gasteiger partial charge in [0.1, 0.15) is 12.9 Å². The van der Waals surface area contributed by atoms with Crippen molar-refractivity contribution in [1.82, 2.24) is 0 Å². The second-order valence-electron chi connectivity index (χ2n) is 2.39. The van der Waals surface area contributed by atoms with Crippen molar-refractivity contribution in [3.8, 4) is 0 Å². The van der Waals surface area contributed by atoms with Gasteiger partial charge in [-0.1, -0.05) is 24.3 Å². The zero-order chi connectivity index (χ0) is 9.68. The van der Waals surface area contributed by atoms with Crippen LogP contribution in [-0.4, -0.2) is 11.7 Å². The minimum atomic E-state index is -0.834. The summed E-state index contributed by atoms with van der Waals surface area (Å²) < 4.78 is 4.54. The molecule has 4 heteroatoms. The minimum Gasteiger partial charge on any atom is -0.449 e. The number of carbonyl (C=O) groups excluding carboxylic acids is 2. The van der Waals surface area contributed by atoms with Gasteiger partial charge in [-0.25, -0.2) is 4.79 Å². The zero-order valence-corrected chi connectivity index (χ0v) is 7.45. The van der Waals surface area contributed by atoms with Crippen molar-refractivity contribution in [2.24, 2.45) is 0 Å². The Morgan fingerprint density at radius 3 is 2.46 bits per heavy atom. The fourth-order valence-corrected chi connectivity index (χ4v) is 0.887. The number of ether oxygens (including phenoxy) is 1. The van der Waals surface area contributed by atoms with E-state index in [1.807, 2.05) is 0 Å². The Labute approximate surface area is 80.3 Å². The number of hydrogen-bond acceptors (Lipinski definition) is 3. The molecule has 0 unspecified atom stereocenters. The van der Waals surface area contributed by atoms with Crippen LogP contribution in [0, 0.1) is 0 Å². The van der Waals surface area contributed by atoms with Gasteiger partial charge in [-0.15, -0.1) is 0 Å². The number of aldehydes is 1. The smallest absolute Gasteiger partial charge is 0.404 e. The van der Waals surface area contributed by atoms with Crippen LogP contribution in [0.15, 0.2) is 24.3 Å². The number of halogens is 1. The molecule has 0 fully saturated rings. The molecule has 0 spiro atoms. The molecule has 13 heavy (non-hydrogen) atoms. The molecule has 0 N–H and O–H groups in total. The fourth-order valence-electron chi connectivity index (χ4n) is 0.833. The largest absolute Gasteiger partial charge is 0.449 e. The van der Waals surface area contributed by atoms with E-state index in [4.69, 9.17) is 11.6 Å². The fraction of sp³-hybridized carbons (Fsp3) is 0.111. The summed E-state index contributed by atoms with van der Waals surface area (Å²) in [5.74, 6) is 0. The van der Waals surface area contributed by atoms with E-state index >= 15 is 0 Å². The number of benzene rings is 1. The Hall–Kier alpha value is -1.35. The van der Waals surface area contributed by atoms with Gasteiger partial charge in [-0.05, 0) is 5.56 Å². The first-order valence-electron chi connectivity index (χ1n) is 3.59. The summed E-state index contributed by atoms with van der Waals surface area (Å²) >= 11 is 4.97. The monoisotopic (exact) mass is 198 g/mol. The van der Waals surface area contributed by atoms with E-state index in [2.05, 4.69) is 4.74 Å². The lowest BCUT2D eigenvalue weighted by molar-refractivity contribution is 0.112. The summed E-state index contributed by atoms with van der Waals surface area (Å²) in [5.41, 5.74) is 0.542. The molecule has 0 saturated heterocycles. The quantitative estimate of drug-likeness (QED) is 0.553. The second-order valence-corrected chi connectivity index (χ2v) is 2.69. The Balaban J connectivity index is 2.59. The second kappa shape index (κ2) is 4.62. The molecule has 0 heterocycles. The number of carbonyl (C=O) groups is 2. The summed E-state index contributed by atoms with van der Waals surface area (Å²) in [4.78, 5) is 20.5. The van der Waals surface area contributed by atoms with E-state index in [0.29, 0.717) is 5.56 Å². The molecule has 3 nitrogen and oxygen atoms in total. The van der Waals surface area contributed by atoms with Crippen LogP contribution >= 0.6 is 11.6 Å². The molecule has 0 radical (unpaired) electrons. The Kier molecular flexibility index (Phi) is 3.46. The molecule has 0 aromatic heterocycles. The number of rotatable bonds is 3. The van der Waals surface area contributed by atoms with E-state index in [9.17, 15) is 9.59 Å². The summed E-state index contributed by atoms with van der Waals surface area (Å²) in [7, 11) is 0. The van der Waals surface area contributed by atoms with Gasteiger partial charge in [0.25, 0.3) is 0 Å². The lowest BCUT2D eigenvalue weighted by Crippen LogP contribution is -1.94. The van der Waals surface area contributed by atoms with E-state index in [1.54, 1.807) is 24.3 Å². The predicted molar refractivity (Wildman–Crippen MR) is 47.9 cm³/mol. The Bertz CT molecular complexity index is 305. The van der Waals surface area contributed by atoms with Gasteiger partial charge >= 0.3 is 5.43 Å². The average molecular weight is 199 g/mol. The third-order valence-corrected chi connectivity index (χ3v) is 1.58. The maximum Gasteiger partial charge on any atom is 0.404 e. The highest BCUT2D eigenvalue weighted by molar-refractivity contribution is 6.61. The SMILES string of the molecule is O=Cc1ccc(COC(=O)Cl)cc1. The van der Waals surface area contributed by atoms with E-state index in [1.165, 1.54) is 0 Å². The molecule has 0 atom stereocenters. The Morgan fingerprint density at radius 1 is 1.38 bits per heavy atom. The topological polar surface area (TPSA) is 43.4 Å². The van der Waals surface area contributed by atoms with Crippen LogP contribution in [0.1, 0.15) is 15.9 Å². The number of hydrogen-bond donors (Lipinski definition) is 0. The predicted octanol–water partition coefficient (Wildman–Crippen LogP) is 2.37. The molecule has 1 rings (SSSR count). The van der Waals surface area contributed by atoms with Crippen molar-refractivity contribution in [2.75, 3.05) is 0 Å². The molecule has 1 aromatic rings. The summed E-state index contributed by atoms with van der Waals surface area (Å²) in [5, 5.41) is 0. The van der Waals surface area contributed by atoms with Crippen LogP contribution in [-0.2, 0) is 11.3 Å². The lowest BCUT2D eigenvalue weighted by atomic mass is 10.2. The summed E-state index contributed by atoms with van der Waals surface area (Å²) in [6.07, 6.45) is 0.747. The molecule has 0 amide bonds. The molecule has 68 valence electrons. The van der Waals surface area contributed by atoms with Gasteiger partial charge in [-0.3, -0.25) is 4.79 Å². The molecule has 0 aliphatic heterocycles. The molecule has 0 bridgehead atoms. The highest BCUT2D eigenvalue weighted by Gasteiger charge is 1.97. The van der Waals surface area contributed by atoms with E-state index in [0.717, 1.165) is 11.8 Å². The zero-order valence-electron chi connectivity index (χ0n) is 6.70. The van der Waals surface area contributed by atoms with Gasteiger partial charge in [0.15, 0.2) is 0 Å². The van der Waals surface area contributed by atoms with Crippen molar-refractivity contribution in [1.29, 1.82) is 0 Å². The van der Waals surface area contributed by atoms with Gasteiger partial charge in [0, 0.05) is 17.2 Å². The lowest BCUT2D eigenvalue weighted by Gasteiger charge is -2.00. The van der Waals surface area contributed by atoms with E-state index in [-0.39, 0.29) is 6.61 Å². The van der Waals surface area contributed by atoms with Crippen molar-refractivity contribution in [3.63, 3.8) is 0 Å². The first kappa shape index (κ1) is 9.74. The van der Waals surface area contributed by atoms with Crippen molar-refractivity contribution in [2.45, 2.75) is 6.61 Å². The first-order valence-corrected chi connectivity index (χ1v) is 3.96. The van der Waals surface area contributed by atoms with Crippen LogP contribution in [0.3, 0.4) is 0 Å². The Morgan fingerprint density at radius 2 is 2.00 bits per heavy atom. The van der Waals surface area contributed by atoms with E-state index < -0.39 is 5.43 Å². The minimum absolute atomic E-state index is 0.126. The first-order chi connectivity index (χ1) is 6.22. The third kappa shape index (κ3) is 3.25. The van der Waals surface area contributed by atoms with Crippen LogP contribution in [0.4, 0.5) is 4.79 Å².